The van der Waals surface area contributed by atoms with Gasteiger partial charge < -0.3 is 19.9 Å². The van der Waals surface area contributed by atoms with Crippen LogP contribution in [0.25, 0.3) is 0 Å². The molecule has 1 aliphatic carbocycles. The van der Waals surface area contributed by atoms with E-state index in [-0.39, 0.29) is 12.1 Å². The molecule has 16 heavy (non-hydrogen) atoms. The highest BCUT2D eigenvalue weighted by molar-refractivity contribution is 5.80. The molecule has 0 bridgehead atoms. The molecule has 5 heteroatoms. The highest BCUT2D eigenvalue weighted by Gasteiger charge is 2.43. The molecule has 2 unspecified atom stereocenters. The maximum absolute atomic E-state index is 11.4. The van der Waals surface area contributed by atoms with E-state index in [9.17, 15) is 4.79 Å². The van der Waals surface area contributed by atoms with Gasteiger partial charge in [-0.15, -0.1) is 0 Å². The Kier molecular flexibility index (Phi) is 5.18. The Hall–Kier alpha value is -0.650. The van der Waals surface area contributed by atoms with Crippen LogP contribution in [-0.4, -0.2) is 44.5 Å². The molecule has 0 aromatic carbocycles. The van der Waals surface area contributed by atoms with Crippen LogP contribution in [0.2, 0.25) is 0 Å². The summed E-state index contributed by atoms with van der Waals surface area (Å²) in [5.41, 5.74) is 5.09. The first kappa shape index (κ1) is 13.4. The number of hydrogen-bond donors (Lipinski definition) is 1. The van der Waals surface area contributed by atoms with Crippen LogP contribution in [0, 0.1) is 0 Å². The molecule has 0 spiro atoms. The Bertz CT molecular complexity index is 234. The fourth-order valence-electron chi connectivity index (χ4n) is 1.98. The van der Waals surface area contributed by atoms with Gasteiger partial charge >= 0.3 is 5.97 Å². The fraction of sp³-hybridized carbons (Fsp3) is 0.909. The largest absolute Gasteiger partial charge is 0.468 e. The van der Waals surface area contributed by atoms with E-state index in [2.05, 4.69) is 4.74 Å². The van der Waals surface area contributed by atoms with Crippen molar-refractivity contribution in [2.75, 3.05) is 26.9 Å². The number of carbonyl (C=O) groups excluding carboxylic acids is 1. The Balaban J connectivity index is 2.26. The zero-order valence-electron chi connectivity index (χ0n) is 10.0. The quantitative estimate of drug-likeness (QED) is 0.531. The predicted octanol–water partition coefficient (Wildman–Crippen LogP) is 0.463. The van der Waals surface area contributed by atoms with E-state index in [1.165, 1.54) is 7.11 Å². The van der Waals surface area contributed by atoms with E-state index in [1.807, 2.05) is 6.92 Å². The Morgan fingerprint density at radius 2 is 2.25 bits per heavy atom. The summed E-state index contributed by atoms with van der Waals surface area (Å²) in [6, 6.07) is 0. The molecular formula is C11H21NO4. The second kappa shape index (κ2) is 6.18. The van der Waals surface area contributed by atoms with Crippen molar-refractivity contribution in [2.45, 2.75) is 37.8 Å². The van der Waals surface area contributed by atoms with Gasteiger partial charge in [0, 0.05) is 13.0 Å². The number of hydrogen-bond acceptors (Lipinski definition) is 5. The van der Waals surface area contributed by atoms with Crippen LogP contribution in [0.5, 0.6) is 0 Å². The minimum Gasteiger partial charge on any atom is -0.468 e. The molecular weight excluding hydrogens is 210 g/mol. The van der Waals surface area contributed by atoms with Crippen molar-refractivity contribution in [2.24, 2.45) is 5.73 Å². The van der Waals surface area contributed by atoms with Crippen molar-refractivity contribution in [1.29, 1.82) is 0 Å². The highest BCUT2D eigenvalue weighted by Crippen LogP contribution is 2.30. The van der Waals surface area contributed by atoms with Crippen molar-refractivity contribution < 1.29 is 19.0 Å². The topological polar surface area (TPSA) is 70.8 Å². The second-order valence-electron chi connectivity index (χ2n) is 4.08. The number of carbonyl (C=O) groups is 1. The maximum Gasteiger partial charge on any atom is 0.325 e. The molecule has 0 aromatic heterocycles. The smallest absolute Gasteiger partial charge is 0.325 e. The van der Waals surface area contributed by atoms with Crippen LogP contribution >= 0.6 is 0 Å². The number of rotatable bonds is 6. The van der Waals surface area contributed by atoms with Crippen molar-refractivity contribution in [3.05, 3.63) is 0 Å². The summed E-state index contributed by atoms with van der Waals surface area (Å²) in [6.07, 6.45) is 2.01. The van der Waals surface area contributed by atoms with E-state index in [1.54, 1.807) is 0 Å². The predicted molar refractivity (Wildman–Crippen MR) is 59.0 cm³/mol. The lowest BCUT2D eigenvalue weighted by molar-refractivity contribution is -0.147. The van der Waals surface area contributed by atoms with Crippen molar-refractivity contribution >= 4 is 5.97 Å². The number of ether oxygens (including phenoxy) is 3. The minimum absolute atomic E-state index is 0.0459. The zero-order chi connectivity index (χ0) is 12.0. The third kappa shape index (κ3) is 3.43. The molecule has 1 fully saturated rings. The Morgan fingerprint density at radius 1 is 1.50 bits per heavy atom. The van der Waals surface area contributed by atoms with E-state index in [4.69, 9.17) is 15.2 Å². The molecule has 0 saturated heterocycles. The van der Waals surface area contributed by atoms with Gasteiger partial charge in [0.15, 0.2) is 0 Å². The average Bonchev–Trinajstić information content (AvgIpc) is 2.67. The highest BCUT2D eigenvalue weighted by atomic mass is 16.5. The molecule has 2 atom stereocenters. The van der Waals surface area contributed by atoms with Crippen LogP contribution < -0.4 is 5.73 Å². The Morgan fingerprint density at radius 3 is 2.88 bits per heavy atom. The van der Waals surface area contributed by atoms with Crippen LogP contribution in [0.1, 0.15) is 26.2 Å². The van der Waals surface area contributed by atoms with Crippen molar-refractivity contribution in [3.8, 4) is 0 Å². The minimum atomic E-state index is -0.856. The van der Waals surface area contributed by atoms with Gasteiger partial charge in [-0.3, -0.25) is 4.79 Å². The van der Waals surface area contributed by atoms with E-state index in [0.29, 0.717) is 32.7 Å². The third-order valence-electron chi connectivity index (χ3n) is 2.88. The Labute approximate surface area is 96.2 Å². The summed E-state index contributed by atoms with van der Waals surface area (Å²) in [6.45, 7) is 3.77. The van der Waals surface area contributed by atoms with Crippen molar-refractivity contribution in [1.82, 2.24) is 0 Å². The molecule has 0 aliphatic heterocycles. The molecule has 1 aliphatic rings. The van der Waals surface area contributed by atoms with Crippen molar-refractivity contribution in [3.63, 3.8) is 0 Å². The fourth-order valence-corrected chi connectivity index (χ4v) is 1.98. The summed E-state index contributed by atoms with van der Waals surface area (Å²) < 4.78 is 15.4. The van der Waals surface area contributed by atoms with Gasteiger partial charge in [-0.25, -0.2) is 0 Å². The molecule has 0 radical (unpaired) electrons. The lowest BCUT2D eigenvalue weighted by Gasteiger charge is -2.20. The van der Waals surface area contributed by atoms with Crippen LogP contribution in [0.3, 0.4) is 0 Å². The molecule has 0 heterocycles. The molecule has 0 amide bonds. The summed E-state index contributed by atoms with van der Waals surface area (Å²) in [7, 11) is 1.36. The first-order valence-corrected chi connectivity index (χ1v) is 5.69. The molecule has 1 rings (SSSR count). The van der Waals surface area contributed by atoms with Crippen LogP contribution in [0.15, 0.2) is 0 Å². The number of methoxy groups -OCH3 is 1. The summed E-state index contributed by atoms with van der Waals surface area (Å²) in [5.74, 6) is -0.344. The molecule has 5 nitrogen and oxygen atoms in total. The molecule has 0 aromatic rings. The van der Waals surface area contributed by atoms with Gasteiger partial charge in [0.25, 0.3) is 0 Å². The molecule has 2 N–H and O–H groups in total. The summed E-state index contributed by atoms with van der Waals surface area (Å²) >= 11 is 0. The second-order valence-corrected chi connectivity index (χ2v) is 4.08. The van der Waals surface area contributed by atoms with E-state index in [0.717, 1.165) is 6.42 Å². The lowest BCUT2D eigenvalue weighted by atomic mass is 10.00. The number of nitrogens with two attached hydrogens (primary N) is 1. The average molecular weight is 231 g/mol. The van der Waals surface area contributed by atoms with Gasteiger partial charge in [0.05, 0.1) is 26.4 Å². The van der Waals surface area contributed by atoms with Gasteiger partial charge in [-0.2, -0.15) is 0 Å². The first-order valence-electron chi connectivity index (χ1n) is 5.69. The van der Waals surface area contributed by atoms with E-state index < -0.39 is 5.54 Å². The van der Waals surface area contributed by atoms with Gasteiger partial charge in [0.1, 0.15) is 5.54 Å². The summed E-state index contributed by atoms with van der Waals surface area (Å²) in [4.78, 5) is 11.4. The first-order chi connectivity index (χ1) is 7.62. The summed E-state index contributed by atoms with van der Waals surface area (Å²) in [5, 5.41) is 0. The van der Waals surface area contributed by atoms with Gasteiger partial charge in [-0.05, 0) is 19.8 Å². The SMILES string of the molecule is CCOCCOC1CCC(N)(C(=O)OC)C1. The van der Waals surface area contributed by atoms with Crippen LogP contribution in [-0.2, 0) is 19.0 Å². The molecule has 1 saturated carbocycles. The van der Waals surface area contributed by atoms with Gasteiger partial charge in [-0.1, -0.05) is 0 Å². The monoisotopic (exact) mass is 231 g/mol. The zero-order valence-corrected chi connectivity index (χ0v) is 10.0. The van der Waals surface area contributed by atoms with Crippen LogP contribution in [0.4, 0.5) is 0 Å². The third-order valence-corrected chi connectivity index (χ3v) is 2.88. The lowest BCUT2D eigenvalue weighted by Crippen LogP contribution is -2.46. The standard InChI is InChI=1S/C11H21NO4/c1-3-15-6-7-16-9-4-5-11(12,8-9)10(13)14-2/h9H,3-8,12H2,1-2H3. The van der Waals surface area contributed by atoms with Gasteiger partial charge in [0.2, 0.25) is 0 Å². The number of esters is 1. The van der Waals surface area contributed by atoms with E-state index >= 15 is 0 Å². The normalized spacial score (nSPS) is 29.3. The maximum atomic E-state index is 11.4. The molecule has 94 valence electrons.